The molecule has 0 aliphatic heterocycles. The lowest BCUT2D eigenvalue weighted by Gasteiger charge is -2.07. The molecule has 0 radical (unpaired) electrons. The molecule has 3 N–H and O–H groups in total. The van der Waals surface area contributed by atoms with Crippen molar-refractivity contribution in [2.24, 2.45) is 5.73 Å². The van der Waals surface area contributed by atoms with Crippen LogP contribution in [0.5, 0.6) is 0 Å². The molecular weight excluding hydrogens is 376 g/mol. The molecule has 2 amide bonds. The SMILES string of the molecule is NC(=O)c1cccc(CNC(=O)c2cn(-c3ccccc3)nc2-c2ccccc2)c1. The van der Waals surface area contributed by atoms with Crippen LogP contribution >= 0.6 is 0 Å². The van der Waals surface area contributed by atoms with Gasteiger partial charge in [-0.15, -0.1) is 0 Å². The summed E-state index contributed by atoms with van der Waals surface area (Å²) in [6.45, 7) is 0.269. The molecule has 0 bridgehead atoms. The summed E-state index contributed by atoms with van der Waals surface area (Å²) in [4.78, 5) is 24.4. The quantitative estimate of drug-likeness (QED) is 0.522. The highest BCUT2D eigenvalue weighted by atomic mass is 16.2. The topological polar surface area (TPSA) is 90.0 Å². The van der Waals surface area contributed by atoms with Gasteiger partial charge in [-0.3, -0.25) is 9.59 Å². The van der Waals surface area contributed by atoms with Gasteiger partial charge in [0.25, 0.3) is 5.91 Å². The molecule has 0 unspecified atom stereocenters. The van der Waals surface area contributed by atoms with Crippen LogP contribution in [-0.4, -0.2) is 21.6 Å². The van der Waals surface area contributed by atoms with E-state index in [1.807, 2.05) is 66.7 Å². The number of rotatable bonds is 6. The first kappa shape index (κ1) is 19.1. The van der Waals surface area contributed by atoms with E-state index in [4.69, 9.17) is 5.73 Å². The number of carbonyl (C=O) groups excluding carboxylic acids is 2. The van der Waals surface area contributed by atoms with Crippen molar-refractivity contribution in [3.63, 3.8) is 0 Å². The third-order valence-corrected chi connectivity index (χ3v) is 4.69. The number of para-hydroxylation sites is 1. The van der Waals surface area contributed by atoms with Gasteiger partial charge in [0, 0.05) is 23.9 Å². The maximum atomic E-state index is 13.0. The van der Waals surface area contributed by atoms with Crippen LogP contribution in [-0.2, 0) is 6.54 Å². The van der Waals surface area contributed by atoms with Crippen LogP contribution in [0.25, 0.3) is 16.9 Å². The Hall–Kier alpha value is -4.19. The summed E-state index contributed by atoms with van der Waals surface area (Å²) in [5.74, 6) is -0.751. The van der Waals surface area contributed by atoms with Crippen LogP contribution in [0, 0.1) is 0 Å². The smallest absolute Gasteiger partial charge is 0.255 e. The van der Waals surface area contributed by atoms with Gasteiger partial charge in [-0.2, -0.15) is 5.10 Å². The second-order valence-corrected chi connectivity index (χ2v) is 6.78. The van der Waals surface area contributed by atoms with Gasteiger partial charge >= 0.3 is 0 Å². The van der Waals surface area contributed by atoms with Crippen molar-refractivity contribution in [2.45, 2.75) is 6.54 Å². The monoisotopic (exact) mass is 396 g/mol. The molecule has 0 atom stereocenters. The van der Waals surface area contributed by atoms with Gasteiger partial charge < -0.3 is 11.1 Å². The predicted octanol–water partition coefficient (Wildman–Crippen LogP) is 3.57. The Balaban J connectivity index is 1.63. The van der Waals surface area contributed by atoms with Crippen molar-refractivity contribution < 1.29 is 9.59 Å². The summed E-state index contributed by atoms with van der Waals surface area (Å²) in [6.07, 6.45) is 1.73. The molecule has 148 valence electrons. The first-order valence-electron chi connectivity index (χ1n) is 9.49. The van der Waals surface area contributed by atoms with Gasteiger partial charge in [-0.05, 0) is 29.8 Å². The van der Waals surface area contributed by atoms with E-state index in [0.717, 1.165) is 16.8 Å². The lowest BCUT2D eigenvalue weighted by Crippen LogP contribution is -2.23. The molecular formula is C24H20N4O2. The molecule has 0 fully saturated rings. The first-order valence-corrected chi connectivity index (χ1v) is 9.49. The van der Waals surface area contributed by atoms with E-state index in [0.29, 0.717) is 16.8 Å². The second-order valence-electron chi connectivity index (χ2n) is 6.78. The Morgan fingerprint density at radius 3 is 2.30 bits per heavy atom. The first-order chi connectivity index (χ1) is 14.6. The zero-order chi connectivity index (χ0) is 20.9. The largest absolute Gasteiger partial charge is 0.366 e. The fourth-order valence-electron chi connectivity index (χ4n) is 3.17. The highest BCUT2D eigenvalue weighted by Crippen LogP contribution is 2.23. The minimum atomic E-state index is -0.501. The van der Waals surface area contributed by atoms with Crippen LogP contribution in [0.2, 0.25) is 0 Å². The number of benzene rings is 3. The zero-order valence-corrected chi connectivity index (χ0v) is 16.2. The normalized spacial score (nSPS) is 10.5. The average Bonchev–Trinajstić information content (AvgIpc) is 3.24. The standard InChI is InChI=1S/C24H20N4O2/c25-23(29)19-11-7-8-17(14-19)15-26-24(30)21-16-28(20-12-5-2-6-13-20)27-22(21)18-9-3-1-4-10-18/h1-14,16H,15H2,(H2,25,29)(H,26,30). The van der Waals surface area contributed by atoms with Gasteiger partial charge in [0.05, 0.1) is 11.3 Å². The van der Waals surface area contributed by atoms with Crippen molar-refractivity contribution in [1.82, 2.24) is 15.1 Å². The number of carbonyl (C=O) groups is 2. The summed E-state index contributed by atoms with van der Waals surface area (Å²) in [5, 5.41) is 7.57. The Bertz CT molecular complexity index is 1180. The Morgan fingerprint density at radius 2 is 1.60 bits per heavy atom. The molecule has 30 heavy (non-hydrogen) atoms. The minimum Gasteiger partial charge on any atom is -0.366 e. The van der Waals surface area contributed by atoms with E-state index < -0.39 is 5.91 Å². The molecule has 0 aliphatic carbocycles. The molecule has 0 spiro atoms. The van der Waals surface area contributed by atoms with E-state index in [9.17, 15) is 9.59 Å². The van der Waals surface area contributed by atoms with Crippen molar-refractivity contribution in [2.75, 3.05) is 0 Å². The summed E-state index contributed by atoms with van der Waals surface area (Å²) in [7, 11) is 0. The second kappa shape index (κ2) is 8.45. The number of aromatic nitrogens is 2. The molecule has 6 nitrogen and oxygen atoms in total. The number of amides is 2. The molecule has 3 aromatic carbocycles. The summed E-state index contributed by atoms with van der Waals surface area (Å²) in [6, 6.07) is 26.1. The van der Waals surface area contributed by atoms with Crippen LogP contribution in [0.4, 0.5) is 0 Å². The van der Waals surface area contributed by atoms with E-state index >= 15 is 0 Å². The molecule has 4 rings (SSSR count). The predicted molar refractivity (Wildman–Crippen MR) is 115 cm³/mol. The van der Waals surface area contributed by atoms with Gasteiger partial charge in [0.2, 0.25) is 5.91 Å². The Kier molecular flexibility index (Phi) is 5.39. The number of nitrogens with two attached hydrogens (primary N) is 1. The fraction of sp³-hybridized carbons (Fsp3) is 0.0417. The van der Waals surface area contributed by atoms with Gasteiger partial charge in [-0.1, -0.05) is 60.7 Å². The Labute approximate surface area is 174 Å². The van der Waals surface area contributed by atoms with Gasteiger partial charge in [-0.25, -0.2) is 4.68 Å². The third kappa shape index (κ3) is 4.12. The number of primary amides is 1. The van der Waals surface area contributed by atoms with Crippen molar-refractivity contribution >= 4 is 11.8 Å². The minimum absolute atomic E-state index is 0.250. The average molecular weight is 396 g/mol. The summed E-state index contributed by atoms with van der Waals surface area (Å²) >= 11 is 0. The van der Waals surface area contributed by atoms with Crippen LogP contribution in [0.1, 0.15) is 26.3 Å². The Morgan fingerprint density at radius 1 is 0.900 bits per heavy atom. The third-order valence-electron chi connectivity index (χ3n) is 4.69. The van der Waals surface area contributed by atoms with Gasteiger partial charge in [0.15, 0.2) is 0 Å². The van der Waals surface area contributed by atoms with E-state index in [2.05, 4.69) is 10.4 Å². The maximum Gasteiger partial charge on any atom is 0.255 e. The number of hydrogen-bond donors (Lipinski definition) is 2. The number of nitrogens with zero attached hydrogens (tertiary/aromatic N) is 2. The zero-order valence-electron chi connectivity index (χ0n) is 16.2. The molecule has 0 saturated carbocycles. The van der Waals surface area contributed by atoms with Crippen molar-refractivity contribution in [3.8, 4) is 16.9 Å². The van der Waals surface area contributed by atoms with E-state index in [1.54, 1.807) is 29.1 Å². The molecule has 0 saturated heterocycles. The number of hydrogen-bond acceptors (Lipinski definition) is 3. The molecule has 0 aliphatic rings. The van der Waals surface area contributed by atoms with Crippen LogP contribution in [0.15, 0.2) is 91.1 Å². The lowest BCUT2D eigenvalue weighted by atomic mass is 10.1. The fourth-order valence-corrected chi connectivity index (χ4v) is 3.17. The van der Waals surface area contributed by atoms with Crippen LogP contribution in [0.3, 0.4) is 0 Å². The van der Waals surface area contributed by atoms with Crippen molar-refractivity contribution in [3.05, 3.63) is 108 Å². The highest BCUT2D eigenvalue weighted by Gasteiger charge is 2.18. The molecule has 6 heteroatoms. The van der Waals surface area contributed by atoms with Gasteiger partial charge in [0.1, 0.15) is 5.69 Å². The van der Waals surface area contributed by atoms with Crippen LogP contribution < -0.4 is 11.1 Å². The summed E-state index contributed by atoms with van der Waals surface area (Å²) in [5.41, 5.74) is 9.32. The number of nitrogens with one attached hydrogen (secondary N) is 1. The van der Waals surface area contributed by atoms with E-state index in [1.165, 1.54) is 0 Å². The molecule has 1 aromatic heterocycles. The lowest BCUT2D eigenvalue weighted by molar-refractivity contribution is 0.0951. The highest BCUT2D eigenvalue weighted by molar-refractivity contribution is 6.00. The van der Waals surface area contributed by atoms with E-state index in [-0.39, 0.29) is 12.5 Å². The molecule has 1 heterocycles. The molecule has 4 aromatic rings. The maximum absolute atomic E-state index is 13.0. The van der Waals surface area contributed by atoms with Crippen molar-refractivity contribution in [1.29, 1.82) is 0 Å². The summed E-state index contributed by atoms with van der Waals surface area (Å²) < 4.78 is 1.70.